The number of imidazole rings is 1. The number of unbranched alkanes of at least 4 members (excludes halogenated alkanes) is 2. The van der Waals surface area contributed by atoms with Crippen LogP contribution in [0.4, 0.5) is 5.82 Å². The molecule has 3 aromatic rings. The molecule has 0 bridgehead atoms. The van der Waals surface area contributed by atoms with E-state index in [-0.39, 0.29) is 23.5 Å². The number of anilines is 1. The number of piperidine rings is 1. The first-order chi connectivity index (χ1) is 18.0. The summed E-state index contributed by atoms with van der Waals surface area (Å²) in [5, 5.41) is 0. The summed E-state index contributed by atoms with van der Waals surface area (Å²) in [7, 11) is 1.40. The van der Waals surface area contributed by atoms with Crippen LogP contribution in [-0.2, 0) is 17.7 Å². The van der Waals surface area contributed by atoms with E-state index in [1.807, 2.05) is 24.3 Å². The van der Waals surface area contributed by atoms with Gasteiger partial charge >= 0.3 is 17.7 Å². The van der Waals surface area contributed by atoms with E-state index in [9.17, 15) is 9.59 Å². The third kappa shape index (κ3) is 6.88. The van der Waals surface area contributed by atoms with Gasteiger partial charge in [0.05, 0.1) is 19.3 Å². The Morgan fingerprint density at radius 3 is 2.54 bits per heavy atom. The predicted molar refractivity (Wildman–Crippen MR) is 143 cm³/mol. The molecule has 1 fully saturated rings. The second kappa shape index (κ2) is 12.7. The van der Waals surface area contributed by atoms with Gasteiger partial charge in [-0.05, 0) is 81.8 Å². The van der Waals surface area contributed by atoms with E-state index in [1.54, 1.807) is 4.57 Å². The molecule has 200 valence electrons. The third-order valence-electron chi connectivity index (χ3n) is 7.07. The number of hydrogen-bond donors (Lipinski definition) is 2. The van der Waals surface area contributed by atoms with Crippen molar-refractivity contribution < 1.29 is 14.3 Å². The van der Waals surface area contributed by atoms with E-state index in [0.29, 0.717) is 35.8 Å². The topological polar surface area (TPSA) is 128 Å². The number of nitrogens with two attached hydrogens (primary N) is 1. The van der Waals surface area contributed by atoms with Crippen LogP contribution in [0.1, 0.15) is 61.4 Å². The Hall–Kier alpha value is -3.40. The lowest BCUT2D eigenvalue weighted by molar-refractivity contribution is 0.0600. The van der Waals surface area contributed by atoms with Gasteiger partial charge in [-0.15, -0.1) is 0 Å². The Morgan fingerprint density at radius 2 is 1.84 bits per heavy atom. The smallest absolute Gasteiger partial charge is 0.337 e. The summed E-state index contributed by atoms with van der Waals surface area (Å²) in [6, 6.07) is 7.97. The molecule has 3 N–H and O–H groups in total. The number of aryl methyl sites for hydroxylation is 1. The molecule has 0 saturated carbocycles. The van der Waals surface area contributed by atoms with Gasteiger partial charge in [0, 0.05) is 6.54 Å². The van der Waals surface area contributed by atoms with E-state index in [0.717, 1.165) is 64.6 Å². The molecule has 3 heterocycles. The zero-order valence-electron chi connectivity index (χ0n) is 21.9. The van der Waals surface area contributed by atoms with Crippen LogP contribution in [-0.4, -0.2) is 63.7 Å². The lowest BCUT2D eigenvalue weighted by atomic mass is 9.90. The molecule has 37 heavy (non-hydrogen) atoms. The van der Waals surface area contributed by atoms with Gasteiger partial charge in [-0.1, -0.05) is 25.5 Å². The first-order valence-electron chi connectivity index (χ1n) is 13.3. The van der Waals surface area contributed by atoms with E-state index in [2.05, 4.69) is 26.8 Å². The summed E-state index contributed by atoms with van der Waals surface area (Å²) >= 11 is 0. The van der Waals surface area contributed by atoms with Crippen LogP contribution in [0.2, 0.25) is 0 Å². The number of nitrogen functional groups attached to an aromatic ring is 1. The van der Waals surface area contributed by atoms with Crippen molar-refractivity contribution in [1.29, 1.82) is 0 Å². The number of ether oxygens (including phenoxy) is 2. The fourth-order valence-electron chi connectivity index (χ4n) is 4.86. The number of hydrogen-bond acceptors (Lipinski definition) is 8. The molecule has 1 saturated heterocycles. The van der Waals surface area contributed by atoms with Gasteiger partial charge in [0.15, 0.2) is 11.5 Å². The molecule has 0 atom stereocenters. The molecule has 1 aliphatic heterocycles. The quantitative estimate of drug-likeness (QED) is 0.280. The van der Waals surface area contributed by atoms with Crippen LogP contribution < -0.4 is 16.2 Å². The fraction of sp³-hybridized carbons (Fsp3) is 0.556. The first-order valence-corrected chi connectivity index (χ1v) is 13.3. The number of carbonyl (C=O) groups excluding carboxylic acids is 1. The Morgan fingerprint density at radius 1 is 1.11 bits per heavy atom. The summed E-state index contributed by atoms with van der Waals surface area (Å²) in [6.07, 6.45) is 7.15. The van der Waals surface area contributed by atoms with Crippen molar-refractivity contribution in [2.24, 2.45) is 5.92 Å². The van der Waals surface area contributed by atoms with Crippen molar-refractivity contribution >= 4 is 23.0 Å². The van der Waals surface area contributed by atoms with Crippen molar-refractivity contribution in [2.45, 2.75) is 58.4 Å². The van der Waals surface area contributed by atoms with Crippen LogP contribution >= 0.6 is 0 Å². The minimum Gasteiger partial charge on any atom is -0.465 e. The molecule has 2 aromatic heterocycles. The Kier molecular flexibility index (Phi) is 9.16. The first kappa shape index (κ1) is 26.7. The van der Waals surface area contributed by atoms with Crippen LogP contribution in [0.15, 0.2) is 29.1 Å². The minimum absolute atomic E-state index is 0.216. The maximum Gasteiger partial charge on any atom is 0.337 e. The van der Waals surface area contributed by atoms with Gasteiger partial charge < -0.3 is 25.1 Å². The number of benzene rings is 1. The largest absolute Gasteiger partial charge is 0.465 e. The molecule has 0 spiro atoms. The van der Waals surface area contributed by atoms with Crippen LogP contribution in [0.5, 0.6) is 6.01 Å². The number of nitrogens with one attached hydrogen (secondary N) is 1. The summed E-state index contributed by atoms with van der Waals surface area (Å²) in [5.41, 5.74) is 8.64. The number of esters is 1. The van der Waals surface area contributed by atoms with Crippen molar-refractivity contribution in [3.05, 3.63) is 45.9 Å². The Labute approximate surface area is 217 Å². The average molecular weight is 511 g/mol. The van der Waals surface area contributed by atoms with Crippen molar-refractivity contribution in [3.8, 4) is 6.01 Å². The molecule has 1 aliphatic rings. The second-order valence-electron chi connectivity index (χ2n) is 9.76. The summed E-state index contributed by atoms with van der Waals surface area (Å²) < 4.78 is 12.0. The lowest BCUT2D eigenvalue weighted by Gasteiger charge is -2.32. The van der Waals surface area contributed by atoms with Gasteiger partial charge in [0.25, 0.3) is 0 Å². The number of rotatable bonds is 12. The number of aromatic amines is 1. The highest BCUT2D eigenvalue weighted by Crippen LogP contribution is 2.23. The minimum atomic E-state index is -0.298. The van der Waals surface area contributed by atoms with E-state index in [4.69, 9.17) is 15.2 Å². The average Bonchev–Trinajstić information content (AvgIpc) is 3.23. The highest BCUT2D eigenvalue weighted by molar-refractivity contribution is 5.89. The SMILES string of the molecule is CCCCOc1nc(N)c2[nH]c(=O)n(CCCCN3CCC(Cc4ccc(C(=O)OC)cc4)CC3)c2n1. The number of H-pyrrole nitrogens is 1. The summed E-state index contributed by atoms with van der Waals surface area (Å²) in [6.45, 7) is 6.36. The van der Waals surface area contributed by atoms with E-state index >= 15 is 0 Å². The summed E-state index contributed by atoms with van der Waals surface area (Å²) in [5.74, 6) is 0.589. The normalized spacial score (nSPS) is 14.8. The molecule has 0 amide bonds. The van der Waals surface area contributed by atoms with Crippen molar-refractivity contribution in [2.75, 3.05) is 39.1 Å². The predicted octanol–water partition coefficient (Wildman–Crippen LogP) is 3.40. The molecule has 10 heteroatoms. The maximum atomic E-state index is 12.5. The van der Waals surface area contributed by atoms with E-state index in [1.165, 1.54) is 12.7 Å². The molecule has 10 nitrogen and oxygen atoms in total. The number of methoxy groups -OCH3 is 1. The standard InChI is InChI=1S/C27H38N6O4/c1-3-4-17-37-26-30-23(28)22-24(31-26)33(27(35)29-22)14-6-5-13-32-15-11-20(12-16-32)18-19-7-9-21(10-8-19)25(34)36-2/h7-10,20H,3-6,11-18H2,1-2H3,(H,29,35)(H2,28,30,31). The molecular formula is C27H38N6O4. The van der Waals surface area contributed by atoms with Gasteiger partial charge in [-0.3, -0.25) is 4.57 Å². The number of aromatic nitrogens is 4. The molecule has 4 rings (SSSR count). The highest BCUT2D eigenvalue weighted by Gasteiger charge is 2.20. The molecule has 0 unspecified atom stereocenters. The molecule has 0 radical (unpaired) electrons. The molecule has 1 aromatic carbocycles. The van der Waals surface area contributed by atoms with Crippen molar-refractivity contribution in [3.63, 3.8) is 0 Å². The van der Waals surface area contributed by atoms with Crippen molar-refractivity contribution in [1.82, 2.24) is 24.4 Å². The Bertz CT molecular complexity index is 1230. The number of carbonyl (C=O) groups is 1. The number of nitrogens with zero attached hydrogens (tertiary/aromatic N) is 4. The zero-order chi connectivity index (χ0) is 26.2. The lowest BCUT2D eigenvalue weighted by Crippen LogP contribution is -2.35. The van der Waals surface area contributed by atoms with Gasteiger partial charge in [-0.2, -0.15) is 9.97 Å². The third-order valence-corrected chi connectivity index (χ3v) is 7.07. The maximum absolute atomic E-state index is 12.5. The van der Waals surface area contributed by atoms with Gasteiger partial charge in [0.2, 0.25) is 0 Å². The molecular weight excluding hydrogens is 472 g/mol. The zero-order valence-corrected chi connectivity index (χ0v) is 21.9. The molecule has 0 aliphatic carbocycles. The number of likely N-dealkylation sites (tertiary alicyclic amines) is 1. The number of fused-ring (bicyclic) bond motifs is 1. The van der Waals surface area contributed by atoms with Gasteiger partial charge in [-0.25, -0.2) is 9.59 Å². The fourth-order valence-corrected chi connectivity index (χ4v) is 4.86. The summed E-state index contributed by atoms with van der Waals surface area (Å²) in [4.78, 5) is 38.0. The monoisotopic (exact) mass is 510 g/mol. The van der Waals surface area contributed by atoms with Crippen LogP contribution in [0, 0.1) is 5.92 Å². The van der Waals surface area contributed by atoms with Crippen LogP contribution in [0.25, 0.3) is 11.2 Å². The van der Waals surface area contributed by atoms with Gasteiger partial charge in [0.1, 0.15) is 5.52 Å². The highest BCUT2D eigenvalue weighted by atomic mass is 16.5. The van der Waals surface area contributed by atoms with Crippen LogP contribution in [0.3, 0.4) is 0 Å². The van der Waals surface area contributed by atoms with E-state index < -0.39 is 0 Å². The Balaban J connectivity index is 1.22. The second-order valence-corrected chi connectivity index (χ2v) is 9.76.